The highest BCUT2D eigenvalue weighted by Crippen LogP contribution is 2.29. The van der Waals surface area contributed by atoms with Gasteiger partial charge in [0.1, 0.15) is 5.76 Å². The first-order valence-corrected chi connectivity index (χ1v) is 8.67. The molecule has 0 unspecified atom stereocenters. The van der Waals surface area contributed by atoms with Gasteiger partial charge in [0.15, 0.2) is 0 Å². The number of amides is 2. The van der Waals surface area contributed by atoms with Gasteiger partial charge in [0.2, 0.25) is 0 Å². The molecule has 0 aromatic carbocycles. The number of thioether (sulfide) groups is 1. The highest BCUT2D eigenvalue weighted by Gasteiger charge is 2.26. The largest absolute Gasteiger partial charge is 0.361 e. The molecule has 2 amide bonds. The molecular weight excluding hydrogens is 286 g/mol. The number of hydrogen-bond donors (Lipinski definition) is 2. The van der Waals surface area contributed by atoms with E-state index in [0.717, 1.165) is 35.6 Å². The number of carbonyl (C=O) groups is 1. The van der Waals surface area contributed by atoms with E-state index in [1.165, 1.54) is 6.42 Å². The maximum atomic E-state index is 12.1. The molecule has 0 spiro atoms. The quantitative estimate of drug-likeness (QED) is 0.875. The van der Waals surface area contributed by atoms with E-state index in [9.17, 15) is 4.79 Å². The standard InChI is InChI=1S/C15H25N3O2S/c1-5-21-13-7-6-12(8-13)17-15(19)16-9(2)14-10(3)18-20-11(14)4/h9,12-13H,5-8H2,1-4H3,(H2,16,17,19)/t9-,12-,13+/m0/s1. The summed E-state index contributed by atoms with van der Waals surface area (Å²) in [5.41, 5.74) is 1.80. The Hall–Kier alpha value is -1.17. The van der Waals surface area contributed by atoms with Crippen molar-refractivity contribution in [3.05, 3.63) is 17.0 Å². The van der Waals surface area contributed by atoms with Gasteiger partial charge in [-0.3, -0.25) is 0 Å². The summed E-state index contributed by atoms with van der Waals surface area (Å²) in [6.07, 6.45) is 3.35. The van der Waals surface area contributed by atoms with Crippen LogP contribution in [-0.4, -0.2) is 28.2 Å². The van der Waals surface area contributed by atoms with E-state index in [1.54, 1.807) is 0 Å². The molecule has 0 aliphatic heterocycles. The molecule has 1 fully saturated rings. The lowest BCUT2D eigenvalue weighted by Gasteiger charge is -2.18. The molecule has 1 aromatic rings. The fourth-order valence-corrected chi connectivity index (χ4v) is 4.20. The summed E-state index contributed by atoms with van der Waals surface area (Å²) in [6.45, 7) is 7.90. The van der Waals surface area contributed by atoms with Crippen LogP contribution in [-0.2, 0) is 0 Å². The summed E-state index contributed by atoms with van der Waals surface area (Å²) >= 11 is 1.99. The van der Waals surface area contributed by atoms with Crippen LogP contribution < -0.4 is 10.6 Å². The maximum absolute atomic E-state index is 12.1. The summed E-state index contributed by atoms with van der Waals surface area (Å²) < 4.78 is 5.15. The predicted octanol–water partition coefficient (Wildman–Crippen LogP) is 3.33. The van der Waals surface area contributed by atoms with E-state index in [2.05, 4.69) is 22.7 Å². The summed E-state index contributed by atoms with van der Waals surface area (Å²) in [7, 11) is 0. The van der Waals surface area contributed by atoms with Gasteiger partial charge in [-0.25, -0.2) is 4.79 Å². The number of aromatic nitrogens is 1. The molecule has 1 aromatic heterocycles. The number of hydrogen-bond acceptors (Lipinski definition) is 4. The molecule has 0 bridgehead atoms. The third-order valence-corrected chi connectivity index (χ3v) is 5.22. The number of nitrogens with zero attached hydrogens (tertiary/aromatic N) is 1. The average molecular weight is 311 g/mol. The van der Waals surface area contributed by atoms with Gasteiger partial charge in [-0.05, 0) is 45.8 Å². The lowest BCUT2D eigenvalue weighted by Crippen LogP contribution is -2.42. The molecule has 6 heteroatoms. The van der Waals surface area contributed by atoms with Crippen molar-refractivity contribution in [2.24, 2.45) is 0 Å². The fourth-order valence-electron chi connectivity index (χ4n) is 3.06. The van der Waals surface area contributed by atoms with Crippen LogP contribution in [0.25, 0.3) is 0 Å². The number of nitrogens with one attached hydrogen (secondary N) is 2. The molecule has 2 N–H and O–H groups in total. The highest BCUT2D eigenvalue weighted by molar-refractivity contribution is 7.99. The van der Waals surface area contributed by atoms with Gasteiger partial charge in [-0.2, -0.15) is 11.8 Å². The lowest BCUT2D eigenvalue weighted by atomic mass is 10.1. The Bertz CT molecular complexity index is 470. The third kappa shape index (κ3) is 4.15. The van der Waals surface area contributed by atoms with Crippen LogP contribution in [0.2, 0.25) is 0 Å². The first kappa shape index (κ1) is 16.2. The predicted molar refractivity (Wildman–Crippen MR) is 85.6 cm³/mol. The second kappa shape index (κ2) is 7.20. The van der Waals surface area contributed by atoms with Gasteiger partial charge < -0.3 is 15.2 Å². The van der Waals surface area contributed by atoms with Crippen LogP contribution in [0.3, 0.4) is 0 Å². The second-order valence-corrected chi connectivity index (χ2v) is 7.24. The van der Waals surface area contributed by atoms with Crippen molar-refractivity contribution in [1.82, 2.24) is 15.8 Å². The highest BCUT2D eigenvalue weighted by atomic mass is 32.2. The number of aryl methyl sites for hydroxylation is 2. The zero-order valence-electron chi connectivity index (χ0n) is 13.2. The van der Waals surface area contributed by atoms with Crippen LogP contribution in [0, 0.1) is 13.8 Å². The van der Waals surface area contributed by atoms with E-state index in [0.29, 0.717) is 11.3 Å². The lowest BCUT2D eigenvalue weighted by molar-refractivity contribution is 0.234. The summed E-state index contributed by atoms with van der Waals surface area (Å²) in [6, 6.07) is 0.0963. The van der Waals surface area contributed by atoms with Crippen molar-refractivity contribution >= 4 is 17.8 Å². The van der Waals surface area contributed by atoms with Crippen LogP contribution in [0.1, 0.15) is 56.2 Å². The molecule has 5 nitrogen and oxygen atoms in total. The van der Waals surface area contributed by atoms with Crippen molar-refractivity contribution in [2.45, 2.75) is 64.3 Å². The third-order valence-electron chi connectivity index (χ3n) is 3.99. The van der Waals surface area contributed by atoms with E-state index in [1.807, 2.05) is 32.5 Å². The average Bonchev–Trinajstić information content (AvgIpc) is 2.97. The summed E-state index contributed by atoms with van der Waals surface area (Å²) in [5, 5.41) is 10.7. The Labute approximate surface area is 130 Å². The monoisotopic (exact) mass is 311 g/mol. The Morgan fingerprint density at radius 2 is 2.24 bits per heavy atom. The molecule has 0 saturated heterocycles. The first-order chi connectivity index (χ1) is 10.0. The van der Waals surface area contributed by atoms with Crippen molar-refractivity contribution in [3.63, 3.8) is 0 Å². The number of carbonyl (C=O) groups excluding carboxylic acids is 1. The molecule has 2 rings (SSSR count). The Morgan fingerprint density at radius 1 is 1.48 bits per heavy atom. The number of urea groups is 1. The smallest absolute Gasteiger partial charge is 0.315 e. The molecule has 1 aliphatic rings. The summed E-state index contributed by atoms with van der Waals surface area (Å²) in [5.74, 6) is 1.91. The van der Waals surface area contributed by atoms with E-state index in [4.69, 9.17) is 4.52 Å². The SMILES string of the molecule is CCS[C@@H]1CC[C@H](NC(=O)N[C@@H](C)c2c(C)noc2C)C1. The van der Waals surface area contributed by atoms with Crippen LogP contribution in [0.15, 0.2) is 4.52 Å². The van der Waals surface area contributed by atoms with E-state index in [-0.39, 0.29) is 12.1 Å². The van der Waals surface area contributed by atoms with Crippen LogP contribution in [0.4, 0.5) is 4.79 Å². The second-order valence-electron chi connectivity index (χ2n) is 5.66. The molecule has 118 valence electrons. The minimum atomic E-state index is -0.102. The summed E-state index contributed by atoms with van der Waals surface area (Å²) in [4.78, 5) is 12.1. The van der Waals surface area contributed by atoms with Crippen molar-refractivity contribution in [1.29, 1.82) is 0 Å². The van der Waals surface area contributed by atoms with Gasteiger partial charge in [-0.15, -0.1) is 0 Å². The van der Waals surface area contributed by atoms with Gasteiger partial charge in [0.05, 0.1) is 11.7 Å². The van der Waals surface area contributed by atoms with Gasteiger partial charge in [-0.1, -0.05) is 12.1 Å². The fraction of sp³-hybridized carbons (Fsp3) is 0.733. The molecule has 1 heterocycles. The normalized spacial score (nSPS) is 23.0. The Balaban J connectivity index is 1.82. The Kier molecular flexibility index (Phi) is 5.56. The van der Waals surface area contributed by atoms with E-state index < -0.39 is 0 Å². The zero-order chi connectivity index (χ0) is 15.4. The molecule has 21 heavy (non-hydrogen) atoms. The molecule has 0 radical (unpaired) electrons. The Morgan fingerprint density at radius 3 is 2.86 bits per heavy atom. The van der Waals surface area contributed by atoms with Gasteiger partial charge in [0, 0.05) is 16.9 Å². The van der Waals surface area contributed by atoms with Crippen LogP contribution >= 0.6 is 11.8 Å². The van der Waals surface area contributed by atoms with Crippen molar-refractivity contribution in [3.8, 4) is 0 Å². The van der Waals surface area contributed by atoms with Crippen LogP contribution in [0.5, 0.6) is 0 Å². The maximum Gasteiger partial charge on any atom is 0.315 e. The number of rotatable bonds is 5. The van der Waals surface area contributed by atoms with E-state index >= 15 is 0 Å². The minimum Gasteiger partial charge on any atom is -0.361 e. The topological polar surface area (TPSA) is 67.2 Å². The molecule has 1 aliphatic carbocycles. The molecular formula is C15H25N3O2S. The molecule has 1 saturated carbocycles. The van der Waals surface area contributed by atoms with Gasteiger partial charge in [0.25, 0.3) is 0 Å². The van der Waals surface area contributed by atoms with Crippen molar-refractivity contribution in [2.75, 3.05) is 5.75 Å². The van der Waals surface area contributed by atoms with Crippen molar-refractivity contribution < 1.29 is 9.32 Å². The minimum absolute atomic E-state index is 0.0986. The van der Waals surface area contributed by atoms with Gasteiger partial charge >= 0.3 is 6.03 Å². The first-order valence-electron chi connectivity index (χ1n) is 7.62. The zero-order valence-corrected chi connectivity index (χ0v) is 14.0. The molecule has 3 atom stereocenters.